The summed E-state index contributed by atoms with van der Waals surface area (Å²) in [7, 11) is 0. The lowest BCUT2D eigenvalue weighted by Gasteiger charge is -2.38. The van der Waals surface area contributed by atoms with Crippen molar-refractivity contribution in [2.45, 2.75) is 19.4 Å². The SMILES string of the molecule is O=C(CN1CCC(Cn2ccnc2-c2ccccc2)CC1)N1CCN(c2ccc(Cl)cc2)CC1. The Morgan fingerprint density at radius 2 is 1.62 bits per heavy atom. The molecule has 2 fully saturated rings. The molecule has 0 saturated carbocycles. The van der Waals surface area contributed by atoms with Crippen molar-refractivity contribution >= 4 is 23.2 Å². The molecule has 7 heteroatoms. The monoisotopic (exact) mass is 477 g/mol. The molecule has 1 amide bonds. The second-order valence-corrected chi connectivity index (χ2v) is 9.77. The number of piperidine rings is 1. The van der Waals surface area contributed by atoms with Crippen molar-refractivity contribution in [3.05, 3.63) is 72.0 Å². The van der Waals surface area contributed by atoms with E-state index < -0.39 is 0 Å². The van der Waals surface area contributed by atoms with E-state index in [1.807, 2.05) is 29.3 Å². The molecule has 0 unspecified atom stereocenters. The number of carbonyl (C=O) groups is 1. The Morgan fingerprint density at radius 1 is 0.912 bits per heavy atom. The minimum absolute atomic E-state index is 0.259. The molecule has 0 spiro atoms. The Balaban J connectivity index is 1.07. The van der Waals surface area contributed by atoms with E-state index in [1.165, 1.54) is 5.69 Å². The van der Waals surface area contributed by atoms with Gasteiger partial charge in [-0.25, -0.2) is 4.98 Å². The van der Waals surface area contributed by atoms with Gasteiger partial charge in [-0.1, -0.05) is 41.9 Å². The van der Waals surface area contributed by atoms with E-state index in [1.54, 1.807) is 0 Å². The van der Waals surface area contributed by atoms with Crippen LogP contribution < -0.4 is 4.90 Å². The van der Waals surface area contributed by atoms with Crippen LogP contribution in [0.25, 0.3) is 11.4 Å². The molecule has 2 aromatic carbocycles. The topological polar surface area (TPSA) is 44.6 Å². The van der Waals surface area contributed by atoms with Crippen LogP contribution in [0.4, 0.5) is 5.69 Å². The molecular formula is C27H32ClN5O. The van der Waals surface area contributed by atoms with Crippen molar-refractivity contribution in [1.82, 2.24) is 19.4 Å². The Morgan fingerprint density at radius 3 is 2.32 bits per heavy atom. The first-order valence-electron chi connectivity index (χ1n) is 12.2. The van der Waals surface area contributed by atoms with Crippen LogP contribution in [-0.4, -0.2) is 71.1 Å². The van der Waals surface area contributed by atoms with Crippen LogP contribution in [0.3, 0.4) is 0 Å². The lowest BCUT2D eigenvalue weighted by Crippen LogP contribution is -2.52. The Bertz CT molecular complexity index is 1070. The summed E-state index contributed by atoms with van der Waals surface area (Å²) in [5, 5.41) is 0.753. The van der Waals surface area contributed by atoms with E-state index in [9.17, 15) is 4.79 Å². The zero-order valence-corrected chi connectivity index (χ0v) is 20.3. The highest BCUT2D eigenvalue weighted by Gasteiger charge is 2.26. The van der Waals surface area contributed by atoms with Gasteiger partial charge in [0.1, 0.15) is 5.82 Å². The average molecular weight is 478 g/mol. The molecule has 2 aliphatic heterocycles. The van der Waals surface area contributed by atoms with Gasteiger partial charge in [0.2, 0.25) is 5.91 Å². The van der Waals surface area contributed by atoms with Crippen LogP contribution in [0.1, 0.15) is 12.8 Å². The third kappa shape index (κ3) is 5.45. The van der Waals surface area contributed by atoms with Crippen molar-refractivity contribution in [2.24, 2.45) is 5.92 Å². The second-order valence-electron chi connectivity index (χ2n) is 9.33. The van der Waals surface area contributed by atoms with E-state index in [-0.39, 0.29) is 5.91 Å². The number of anilines is 1. The fourth-order valence-electron chi connectivity index (χ4n) is 5.07. The van der Waals surface area contributed by atoms with E-state index >= 15 is 0 Å². The molecule has 34 heavy (non-hydrogen) atoms. The van der Waals surface area contributed by atoms with Crippen LogP contribution in [0.5, 0.6) is 0 Å². The van der Waals surface area contributed by atoms with Gasteiger partial charge in [0, 0.05) is 61.4 Å². The number of hydrogen-bond donors (Lipinski definition) is 0. The number of amides is 1. The van der Waals surface area contributed by atoms with Crippen LogP contribution in [-0.2, 0) is 11.3 Å². The lowest BCUT2D eigenvalue weighted by molar-refractivity contribution is -0.133. The molecule has 0 N–H and O–H groups in total. The molecule has 0 aliphatic carbocycles. The molecule has 2 aliphatic rings. The summed E-state index contributed by atoms with van der Waals surface area (Å²) in [5.41, 5.74) is 2.33. The summed E-state index contributed by atoms with van der Waals surface area (Å²) in [6.45, 7) is 6.77. The van der Waals surface area contributed by atoms with Crippen LogP contribution in [0.2, 0.25) is 5.02 Å². The van der Waals surface area contributed by atoms with Crippen LogP contribution in [0, 0.1) is 5.92 Å². The molecule has 3 aromatic rings. The van der Waals surface area contributed by atoms with Crippen molar-refractivity contribution in [3.8, 4) is 11.4 Å². The minimum atomic E-state index is 0.259. The molecule has 2 saturated heterocycles. The molecule has 3 heterocycles. The number of imidazole rings is 1. The first kappa shape index (κ1) is 22.9. The number of rotatable bonds is 6. The number of halogens is 1. The molecule has 6 nitrogen and oxygen atoms in total. The van der Waals surface area contributed by atoms with Crippen molar-refractivity contribution in [3.63, 3.8) is 0 Å². The number of hydrogen-bond acceptors (Lipinski definition) is 4. The van der Waals surface area contributed by atoms with E-state index in [0.717, 1.165) is 75.1 Å². The van der Waals surface area contributed by atoms with Gasteiger partial charge in [0.05, 0.1) is 6.54 Å². The summed E-state index contributed by atoms with van der Waals surface area (Å²) in [6.07, 6.45) is 6.21. The molecule has 0 atom stereocenters. The minimum Gasteiger partial charge on any atom is -0.368 e. The number of nitrogens with zero attached hydrogens (tertiary/aromatic N) is 5. The third-order valence-electron chi connectivity index (χ3n) is 7.09. The van der Waals surface area contributed by atoms with Crippen LogP contribution >= 0.6 is 11.6 Å². The summed E-state index contributed by atoms with van der Waals surface area (Å²) in [5.74, 6) is 1.91. The zero-order valence-electron chi connectivity index (χ0n) is 19.5. The van der Waals surface area contributed by atoms with Crippen molar-refractivity contribution in [2.75, 3.05) is 50.7 Å². The van der Waals surface area contributed by atoms with Gasteiger partial charge >= 0.3 is 0 Å². The largest absolute Gasteiger partial charge is 0.368 e. The fraction of sp³-hybridized carbons (Fsp3) is 0.407. The zero-order chi connectivity index (χ0) is 23.3. The molecule has 0 radical (unpaired) electrons. The quantitative estimate of drug-likeness (QED) is 0.532. The number of likely N-dealkylation sites (tertiary alicyclic amines) is 1. The lowest BCUT2D eigenvalue weighted by atomic mass is 9.96. The van der Waals surface area contributed by atoms with Gasteiger partial charge in [-0.05, 0) is 56.1 Å². The van der Waals surface area contributed by atoms with Gasteiger partial charge < -0.3 is 14.4 Å². The van der Waals surface area contributed by atoms with Gasteiger partial charge in [0.25, 0.3) is 0 Å². The van der Waals surface area contributed by atoms with Gasteiger partial charge in [-0.2, -0.15) is 0 Å². The highest BCUT2D eigenvalue weighted by Crippen LogP contribution is 2.24. The summed E-state index contributed by atoms with van der Waals surface area (Å²) in [6, 6.07) is 18.3. The fourth-order valence-corrected chi connectivity index (χ4v) is 5.19. The predicted octanol–water partition coefficient (Wildman–Crippen LogP) is 4.26. The highest BCUT2D eigenvalue weighted by atomic mass is 35.5. The number of aromatic nitrogens is 2. The standard InChI is InChI=1S/C27H32ClN5O/c28-24-6-8-25(9-7-24)31-16-18-32(19-17-31)26(34)21-30-13-10-22(11-14-30)20-33-15-12-29-27(33)23-4-2-1-3-5-23/h1-9,12,15,22H,10-11,13-14,16-21H2. The molecule has 1 aromatic heterocycles. The first-order valence-corrected chi connectivity index (χ1v) is 12.6. The van der Waals surface area contributed by atoms with Gasteiger partial charge in [0.15, 0.2) is 0 Å². The van der Waals surface area contributed by atoms with E-state index in [0.29, 0.717) is 12.5 Å². The number of piperazine rings is 1. The summed E-state index contributed by atoms with van der Waals surface area (Å²) < 4.78 is 2.28. The third-order valence-corrected chi connectivity index (χ3v) is 7.34. The summed E-state index contributed by atoms with van der Waals surface area (Å²) in [4.78, 5) is 24.2. The highest BCUT2D eigenvalue weighted by molar-refractivity contribution is 6.30. The molecule has 178 valence electrons. The average Bonchev–Trinajstić information content (AvgIpc) is 3.34. The van der Waals surface area contributed by atoms with Crippen molar-refractivity contribution in [1.29, 1.82) is 0 Å². The second kappa shape index (κ2) is 10.6. The normalized spacial score (nSPS) is 17.8. The maximum atomic E-state index is 12.9. The number of benzene rings is 2. The maximum Gasteiger partial charge on any atom is 0.236 e. The maximum absolute atomic E-state index is 12.9. The smallest absolute Gasteiger partial charge is 0.236 e. The first-order chi connectivity index (χ1) is 16.7. The van der Waals surface area contributed by atoms with E-state index in [2.05, 4.69) is 61.9 Å². The van der Waals surface area contributed by atoms with E-state index in [4.69, 9.17) is 11.6 Å². The molecule has 5 rings (SSSR count). The number of carbonyl (C=O) groups excluding carboxylic acids is 1. The Hall–Kier alpha value is -2.83. The Labute approximate surface area is 206 Å². The Kier molecular flexibility index (Phi) is 7.16. The van der Waals surface area contributed by atoms with Gasteiger partial charge in [-0.15, -0.1) is 0 Å². The summed E-state index contributed by atoms with van der Waals surface area (Å²) >= 11 is 6.00. The van der Waals surface area contributed by atoms with Crippen molar-refractivity contribution < 1.29 is 4.79 Å². The predicted molar refractivity (Wildman–Crippen MR) is 137 cm³/mol. The molecule has 0 bridgehead atoms. The van der Waals surface area contributed by atoms with Crippen LogP contribution in [0.15, 0.2) is 67.0 Å². The molecular weight excluding hydrogens is 446 g/mol. The van der Waals surface area contributed by atoms with Gasteiger partial charge in [-0.3, -0.25) is 9.69 Å².